The van der Waals surface area contributed by atoms with E-state index in [0.717, 1.165) is 0 Å². The molecule has 31 heavy (non-hydrogen) atoms. The van der Waals surface area contributed by atoms with Crippen LogP contribution in [-0.2, 0) is 19.1 Å². The highest BCUT2D eigenvalue weighted by atomic mass is 79.9. The number of esters is 2. The van der Waals surface area contributed by atoms with Crippen molar-refractivity contribution in [2.75, 3.05) is 23.4 Å². The number of ether oxygens (including phenoxy) is 2. The maximum atomic E-state index is 13.4. The summed E-state index contributed by atoms with van der Waals surface area (Å²) in [6.45, 7) is 5.56. The van der Waals surface area contributed by atoms with Gasteiger partial charge in [-0.25, -0.2) is 9.59 Å². The third-order valence-corrected chi connectivity index (χ3v) is 6.03. The van der Waals surface area contributed by atoms with Crippen molar-refractivity contribution in [2.24, 2.45) is 0 Å². The van der Waals surface area contributed by atoms with Crippen LogP contribution >= 0.6 is 15.9 Å². The van der Waals surface area contributed by atoms with Gasteiger partial charge in [0.25, 0.3) is 5.91 Å². The Kier molecular flexibility index (Phi) is 6.80. The zero-order chi connectivity index (χ0) is 22.6. The van der Waals surface area contributed by atoms with Gasteiger partial charge in [-0.05, 0) is 73.1 Å². The molecule has 0 fully saturated rings. The number of para-hydroxylation sites is 1. The summed E-state index contributed by atoms with van der Waals surface area (Å²) in [6.07, 6.45) is 0. The van der Waals surface area contributed by atoms with Crippen molar-refractivity contribution in [1.82, 2.24) is 0 Å². The molecule has 0 spiro atoms. The van der Waals surface area contributed by atoms with Gasteiger partial charge in [0.05, 0.1) is 23.3 Å². The molecule has 1 atom stereocenters. The van der Waals surface area contributed by atoms with Crippen molar-refractivity contribution in [3.05, 3.63) is 70.3 Å². The lowest BCUT2D eigenvalue weighted by Gasteiger charge is -2.33. The number of benzene rings is 2. The summed E-state index contributed by atoms with van der Waals surface area (Å²) in [4.78, 5) is 39.6. The zero-order valence-electron chi connectivity index (χ0n) is 17.5. The van der Waals surface area contributed by atoms with Gasteiger partial charge in [-0.2, -0.15) is 0 Å². The van der Waals surface area contributed by atoms with E-state index in [1.807, 2.05) is 6.07 Å². The molecule has 0 aliphatic carbocycles. The fourth-order valence-corrected chi connectivity index (χ4v) is 3.92. The lowest BCUT2D eigenvalue weighted by Crippen LogP contribution is -2.52. The third-order valence-electron chi connectivity index (χ3n) is 4.86. The highest BCUT2D eigenvalue weighted by Gasteiger charge is 2.54. The Labute approximate surface area is 189 Å². The Morgan fingerprint density at radius 3 is 2.19 bits per heavy atom. The minimum absolute atomic E-state index is 0.184. The van der Waals surface area contributed by atoms with E-state index in [-0.39, 0.29) is 24.8 Å². The molecule has 8 heteroatoms. The molecule has 162 valence electrons. The monoisotopic (exact) mass is 486 g/mol. The normalized spacial score (nSPS) is 18.2. The molecule has 0 bridgehead atoms. The van der Waals surface area contributed by atoms with Crippen molar-refractivity contribution in [3.8, 4) is 0 Å². The quantitative estimate of drug-likeness (QED) is 0.588. The second-order valence-corrected chi connectivity index (χ2v) is 7.67. The van der Waals surface area contributed by atoms with E-state index >= 15 is 0 Å². The lowest BCUT2D eigenvalue weighted by molar-refractivity contribution is -0.147. The van der Waals surface area contributed by atoms with Gasteiger partial charge in [-0.15, -0.1) is 0 Å². The second kappa shape index (κ2) is 9.34. The topological polar surface area (TPSA) is 84.9 Å². The summed E-state index contributed by atoms with van der Waals surface area (Å²) in [6, 6.07) is 15.5. The molecule has 0 saturated heterocycles. The predicted octanol–water partition coefficient (Wildman–Crippen LogP) is 4.25. The Hall–Kier alpha value is -3.13. The molecule has 1 aliphatic heterocycles. The summed E-state index contributed by atoms with van der Waals surface area (Å²) in [5, 5.41) is 3.07. The smallest absolute Gasteiger partial charge is 0.338 e. The molecule has 1 N–H and O–H groups in total. The van der Waals surface area contributed by atoms with Gasteiger partial charge in [0.2, 0.25) is 0 Å². The average molecular weight is 487 g/mol. The maximum absolute atomic E-state index is 13.4. The fraction of sp³-hybridized carbons (Fsp3) is 0.261. The van der Waals surface area contributed by atoms with Crippen LogP contribution in [0, 0.1) is 0 Å². The minimum Gasteiger partial charge on any atom is -0.464 e. The van der Waals surface area contributed by atoms with Crippen molar-refractivity contribution < 1.29 is 23.9 Å². The minimum atomic E-state index is -1.37. The van der Waals surface area contributed by atoms with E-state index in [1.54, 1.807) is 69.3 Å². The van der Waals surface area contributed by atoms with Gasteiger partial charge in [-0.3, -0.25) is 9.69 Å². The van der Waals surface area contributed by atoms with Crippen LogP contribution in [0.3, 0.4) is 0 Å². The van der Waals surface area contributed by atoms with E-state index in [0.29, 0.717) is 21.4 Å². The standard InChI is InChI=1S/C23H23BrN2O5/c1-4-30-21(28)15-11-13-16(14-12-15)25-18-19(24)23(3,22(29)31-5-2)26(20(18)27)17-9-7-6-8-10-17/h6-14,25H,4-5H2,1-3H3. The van der Waals surface area contributed by atoms with E-state index in [1.165, 1.54) is 4.90 Å². The first-order valence-corrected chi connectivity index (χ1v) is 10.6. The number of amides is 1. The third kappa shape index (κ3) is 4.20. The average Bonchev–Trinajstić information content (AvgIpc) is 2.96. The van der Waals surface area contributed by atoms with Crippen molar-refractivity contribution in [2.45, 2.75) is 26.3 Å². The molecule has 7 nitrogen and oxygen atoms in total. The highest BCUT2D eigenvalue weighted by molar-refractivity contribution is 9.11. The summed E-state index contributed by atoms with van der Waals surface area (Å²) in [7, 11) is 0. The number of nitrogens with zero attached hydrogens (tertiary/aromatic N) is 1. The molecular formula is C23H23BrN2O5. The zero-order valence-corrected chi connectivity index (χ0v) is 19.1. The van der Waals surface area contributed by atoms with E-state index < -0.39 is 17.5 Å². The number of hydrogen-bond donors (Lipinski definition) is 1. The maximum Gasteiger partial charge on any atom is 0.338 e. The van der Waals surface area contributed by atoms with E-state index in [9.17, 15) is 14.4 Å². The first kappa shape index (κ1) is 22.6. The molecule has 0 saturated carbocycles. The number of halogens is 1. The van der Waals surface area contributed by atoms with Crippen molar-refractivity contribution in [3.63, 3.8) is 0 Å². The molecule has 3 rings (SSSR count). The fourth-order valence-electron chi connectivity index (χ4n) is 3.31. The number of nitrogens with one attached hydrogen (secondary N) is 1. The van der Waals surface area contributed by atoms with Crippen LogP contribution in [-0.4, -0.2) is 36.6 Å². The highest BCUT2D eigenvalue weighted by Crippen LogP contribution is 2.43. The van der Waals surface area contributed by atoms with Gasteiger partial charge in [0.15, 0.2) is 5.54 Å². The molecule has 1 unspecified atom stereocenters. The molecular weight excluding hydrogens is 464 g/mol. The van der Waals surface area contributed by atoms with Gasteiger partial charge < -0.3 is 14.8 Å². The Balaban J connectivity index is 1.97. The van der Waals surface area contributed by atoms with Gasteiger partial charge >= 0.3 is 11.9 Å². The molecule has 0 aromatic heterocycles. The first-order valence-electron chi connectivity index (χ1n) is 9.85. The van der Waals surface area contributed by atoms with Crippen molar-refractivity contribution in [1.29, 1.82) is 0 Å². The number of rotatable bonds is 7. The lowest BCUT2D eigenvalue weighted by atomic mass is 10.0. The molecule has 1 heterocycles. The van der Waals surface area contributed by atoms with Crippen LogP contribution in [0.5, 0.6) is 0 Å². The molecule has 0 radical (unpaired) electrons. The summed E-state index contributed by atoms with van der Waals surface area (Å²) >= 11 is 3.47. The molecule has 1 amide bonds. The van der Waals surface area contributed by atoms with Gasteiger partial charge in [0, 0.05) is 11.4 Å². The van der Waals surface area contributed by atoms with E-state index in [4.69, 9.17) is 9.47 Å². The molecule has 2 aromatic rings. The Bertz CT molecular complexity index is 1020. The van der Waals surface area contributed by atoms with Crippen LogP contribution < -0.4 is 10.2 Å². The van der Waals surface area contributed by atoms with Crippen LogP contribution in [0.1, 0.15) is 31.1 Å². The summed E-state index contributed by atoms with van der Waals surface area (Å²) in [5.74, 6) is -1.35. The van der Waals surface area contributed by atoms with Gasteiger partial charge in [-0.1, -0.05) is 18.2 Å². The predicted molar refractivity (Wildman–Crippen MR) is 121 cm³/mol. The van der Waals surface area contributed by atoms with E-state index in [2.05, 4.69) is 21.2 Å². The summed E-state index contributed by atoms with van der Waals surface area (Å²) < 4.78 is 10.6. The summed E-state index contributed by atoms with van der Waals surface area (Å²) in [5.41, 5.74) is 0.384. The SMILES string of the molecule is CCOC(=O)c1ccc(NC2=C(Br)C(C)(C(=O)OCC)N(c3ccccc3)C2=O)cc1. The molecule has 1 aliphatic rings. The second-order valence-electron chi connectivity index (χ2n) is 6.88. The number of hydrogen-bond acceptors (Lipinski definition) is 6. The van der Waals surface area contributed by atoms with Crippen LogP contribution in [0.2, 0.25) is 0 Å². The first-order chi connectivity index (χ1) is 14.8. The van der Waals surface area contributed by atoms with Crippen LogP contribution in [0.25, 0.3) is 0 Å². The van der Waals surface area contributed by atoms with Crippen LogP contribution in [0.15, 0.2) is 64.8 Å². The number of carbonyl (C=O) groups excluding carboxylic acids is 3. The largest absolute Gasteiger partial charge is 0.464 e. The Morgan fingerprint density at radius 1 is 1.00 bits per heavy atom. The van der Waals surface area contributed by atoms with Crippen molar-refractivity contribution >= 4 is 45.2 Å². The Morgan fingerprint density at radius 2 is 1.61 bits per heavy atom. The molecule has 2 aromatic carbocycles. The number of carbonyl (C=O) groups is 3. The van der Waals surface area contributed by atoms with Gasteiger partial charge in [0.1, 0.15) is 5.70 Å². The van der Waals surface area contributed by atoms with Crippen LogP contribution in [0.4, 0.5) is 11.4 Å². The number of anilines is 2.